The maximum Gasteiger partial charge on any atom is 0.271 e. The number of carbonyl (C=O) groups is 1. The smallest absolute Gasteiger partial charge is 0.267 e. The first-order chi connectivity index (χ1) is 10.8. The first-order valence-electron chi connectivity index (χ1n) is 7.16. The molecule has 0 aliphatic rings. The summed E-state index contributed by atoms with van der Waals surface area (Å²) in [4.78, 5) is 12.0. The molecule has 5 heteroatoms. The molecule has 0 atom stereocenters. The first-order valence-corrected chi connectivity index (χ1v) is 7.16. The minimum Gasteiger partial charge on any atom is -0.267 e. The molecule has 1 amide bonds. The number of hydrogen-bond donors (Lipinski definition) is 1. The standard InChI is InChI=1S/C18H18F2N2O/c1-18(2,3)14-7-4-12(5-8-14)17(23)22-21-11-13-6-9-15(19)10-16(13)20/h4-11H,1-3H3,(H,22,23). The van der Waals surface area contributed by atoms with Crippen LogP contribution in [0.5, 0.6) is 0 Å². The maximum atomic E-state index is 13.4. The highest BCUT2D eigenvalue weighted by Crippen LogP contribution is 2.22. The van der Waals surface area contributed by atoms with Crippen molar-refractivity contribution in [3.05, 3.63) is 70.8 Å². The Hall–Kier alpha value is -2.56. The van der Waals surface area contributed by atoms with Crippen molar-refractivity contribution in [3.63, 3.8) is 0 Å². The van der Waals surface area contributed by atoms with Gasteiger partial charge in [-0.2, -0.15) is 5.10 Å². The molecule has 23 heavy (non-hydrogen) atoms. The molecule has 0 bridgehead atoms. The topological polar surface area (TPSA) is 41.5 Å². The molecule has 2 aromatic rings. The first kappa shape index (κ1) is 16.8. The molecule has 0 fully saturated rings. The van der Waals surface area contributed by atoms with Gasteiger partial charge >= 0.3 is 0 Å². The minimum atomic E-state index is -0.738. The van der Waals surface area contributed by atoms with Crippen molar-refractivity contribution in [3.8, 4) is 0 Å². The summed E-state index contributed by atoms with van der Waals surface area (Å²) in [6.07, 6.45) is 1.14. The fourth-order valence-corrected chi connectivity index (χ4v) is 1.95. The van der Waals surface area contributed by atoms with Crippen molar-refractivity contribution in [2.75, 3.05) is 0 Å². The monoisotopic (exact) mass is 316 g/mol. The molecule has 0 saturated heterocycles. The quantitative estimate of drug-likeness (QED) is 0.674. The molecule has 2 aromatic carbocycles. The number of rotatable bonds is 3. The van der Waals surface area contributed by atoms with Gasteiger partial charge < -0.3 is 0 Å². The lowest BCUT2D eigenvalue weighted by Crippen LogP contribution is -2.18. The number of benzene rings is 2. The summed E-state index contributed by atoms with van der Waals surface area (Å²) < 4.78 is 26.2. The summed E-state index contributed by atoms with van der Waals surface area (Å²) in [7, 11) is 0. The van der Waals surface area contributed by atoms with Crippen LogP contribution in [0.4, 0.5) is 8.78 Å². The van der Waals surface area contributed by atoms with Crippen LogP contribution >= 0.6 is 0 Å². The number of amides is 1. The Balaban J connectivity index is 2.03. The molecule has 3 nitrogen and oxygen atoms in total. The largest absolute Gasteiger partial charge is 0.271 e. The number of nitrogens with zero attached hydrogens (tertiary/aromatic N) is 1. The van der Waals surface area contributed by atoms with Crippen molar-refractivity contribution in [1.82, 2.24) is 5.43 Å². The van der Waals surface area contributed by atoms with Crippen molar-refractivity contribution in [2.24, 2.45) is 5.10 Å². The molecule has 0 aliphatic heterocycles. The number of carbonyl (C=O) groups excluding carboxylic acids is 1. The van der Waals surface area contributed by atoms with E-state index in [2.05, 4.69) is 31.3 Å². The van der Waals surface area contributed by atoms with Gasteiger partial charge in [0.05, 0.1) is 6.21 Å². The third kappa shape index (κ3) is 4.45. The van der Waals surface area contributed by atoms with E-state index in [0.717, 1.165) is 23.9 Å². The molecule has 2 rings (SSSR count). The Morgan fingerprint density at radius 3 is 2.30 bits per heavy atom. The highest BCUT2D eigenvalue weighted by Gasteiger charge is 2.14. The van der Waals surface area contributed by atoms with E-state index in [1.54, 1.807) is 12.1 Å². The average molecular weight is 316 g/mol. The third-order valence-corrected chi connectivity index (χ3v) is 3.35. The highest BCUT2D eigenvalue weighted by atomic mass is 19.1. The summed E-state index contributed by atoms with van der Waals surface area (Å²) in [5.74, 6) is -1.80. The summed E-state index contributed by atoms with van der Waals surface area (Å²) >= 11 is 0. The van der Waals surface area contributed by atoms with Crippen LogP contribution in [0.3, 0.4) is 0 Å². The molecule has 0 radical (unpaired) electrons. The summed E-state index contributed by atoms with van der Waals surface area (Å²) in [6.45, 7) is 6.26. The Morgan fingerprint density at radius 1 is 1.09 bits per heavy atom. The summed E-state index contributed by atoms with van der Waals surface area (Å²) in [6, 6.07) is 10.3. The van der Waals surface area contributed by atoms with Crippen LogP contribution in [-0.2, 0) is 5.41 Å². The average Bonchev–Trinajstić information content (AvgIpc) is 2.48. The van der Waals surface area contributed by atoms with E-state index in [1.165, 1.54) is 6.07 Å². The van der Waals surface area contributed by atoms with Gasteiger partial charge in [-0.1, -0.05) is 32.9 Å². The van der Waals surface area contributed by atoms with Gasteiger partial charge in [-0.3, -0.25) is 4.79 Å². The van der Waals surface area contributed by atoms with Crippen molar-refractivity contribution in [1.29, 1.82) is 0 Å². The molecule has 0 aliphatic carbocycles. The van der Waals surface area contributed by atoms with Gasteiger partial charge in [0, 0.05) is 17.2 Å². The van der Waals surface area contributed by atoms with Crippen molar-refractivity contribution in [2.45, 2.75) is 26.2 Å². The summed E-state index contributed by atoms with van der Waals surface area (Å²) in [5.41, 5.74) is 3.99. The van der Waals surface area contributed by atoms with Crippen LogP contribution in [0.1, 0.15) is 42.3 Å². The van der Waals surface area contributed by atoms with Gasteiger partial charge in [0.2, 0.25) is 0 Å². The van der Waals surface area contributed by atoms with Crippen LogP contribution in [-0.4, -0.2) is 12.1 Å². The Labute approximate surface area is 134 Å². The molecule has 0 heterocycles. The molecule has 1 N–H and O–H groups in total. The lowest BCUT2D eigenvalue weighted by Gasteiger charge is -2.18. The molecule has 120 valence electrons. The number of halogens is 2. The van der Waals surface area contributed by atoms with Gasteiger partial charge in [-0.25, -0.2) is 14.2 Å². The second-order valence-electron chi connectivity index (χ2n) is 6.19. The number of nitrogens with one attached hydrogen (secondary N) is 1. The van der Waals surface area contributed by atoms with E-state index < -0.39 is 17.5 Å². The zero-order chi connectivity index (χ0) is 17.0. The van der Waals surface area contributed by atoms with Gasteiger partial charge in [0.1, 0.15) is 11.6 Å². The van der Waals surface area contributed by atoms with Gasteiger partial charge in [-0.05, 0) is 35.2 Å². The van der Waals surface area contributed by atoms with E-state index in [0.29, 0.717) is 5.56 Å². The Bertz CT molecular complexity index is 732. The van der Waals surface area contributed by atoms with Crippen LogP contribution in [0.25, 0.3) is 0 Å². The van der Waals surface area contributed by atoms with E-state index in [1.807, 2.05) is 12.1 Å². The second-order valence-corrected chi connectivity index (χ2v) is 6.19. The van der Waals surface area contributed by atoms with Crippen LogP contribution < -0.4 is 5.43 Å². The number of hydrazone groups is 1. The van der Waals surface area contributed by atoms with Gasteiger partial charge in [0.15, 0.2) is 0 Å². The van der Waals surface area contributed by atoms with Crippen LogP contribution in [0.15, 0.2) is 47.6 Å². The lowest BCUT2D eigenvalue weighted by molar-refractivity contribution is 0.0955. The Morgan fingerprint density at radius 2 is 1.74 bits per heavy atom. The number of hydrogen-bond acceptors (Lipinski definition) is 2. The van der Waals surface area contributed by atoms with Crippen LogP contribution in [0.2, 0.25) is 0 Å². The SMILES string of the molecule is CC(C)(C)c1ccc(C(=O)NN=Cc2ccc(F)cc2F)cc1. The van der Waals surface area contributed by atoms with E-state index in [4.69, 9.17) is 0 Å². The normalized spacial score (nSPS) is 11.7. The van der Waals surface area contributed by atoms with Gasteiger partial charge in [0.25, 0.3) is 5.91 Å². The Kier molecular flexibility index (Phi) is 4.89. The third-order valence-electron chi connectivity index (χ3n) is 3.35. The van der Waals surface area contributed by atoms with Crippen molar-refractivity contribution < 1.29 is 13.6 Å². The zero-order valence-corrected chi connectivity index (χ0v) is 13.2. The summed E-state index contributed by atoms with van der Waals surface area (Å²) in [5, 5.41) is 3.69. The second kappa shape index (κ2) is 6.69. The fraction of sp³-hybridized carbons (Fsp3) is 0.222. The molecule has 0 saturated carbocycles. The highest BCUT2D eigenvalue weighted by molar-refractivity contribution is 5.94. The van der Waals surface area contributed by atoms with Gasteiger partial charge in [-0.15, -0.1) is 0 Å². The molecule has 0 aromatic heterocycles. The maximum absolute atomic E-state index is 13.4. The molecular formula is C18H18F2N2O. The van der Waals surface area contributed by atoms with E-state index in [9.17, 15) is 13.6 Å². The van der Waals surface area contributed by atoms with Crippen molar-refractivity contribution >= 4 is 12.1 Å². The molecule has 0 spiro atoms. The lowest BCUT2D eigenvalue weighted by atomic mass is 9.87. The minimum absolute atomic E-state index is 0.00721. The predicted molar refractivity (Wildman–Crippen MR) is 86.6 cm³/mol. The molecular weight excluding hydrogens is 298 g/mol. The zero-order valence-electron chi connectivity index (χ0n) is 13.2. The predicted octanol–water partition coefficient (Wildman–Crippen LogP) is 4.03. The van der Waals surface area contributed by atoms with E-state index in [-0.39, 0.29) is 11.0 Å². The van der Waals surface area contributed by atoms with Crippen LogP contribution in [0, 0.1) is 11.6 Å². The fourth-order valence-electron chi connectivity index (χ4n) is 1.95. The van der Waals surface area contributed by atoms with E-state index >= 15 is 0 Å². The molecule has 0 unspecified atom stereocenters.